The summed E-state index contributed by atoms with van der Waals surface area (Å²) in [5, 5.41) is 12.8. The number of hydrogen-bond donors (Lipinski definition) is 1. The van der Waals surface area contributed by atoms with Crippen molar-refractivity contribution in [2.24, 2.45) is 5.92 Å². The van der Waals surface area contributed by atoms with E-state index in [2.05, 4.69) is 32.2 Å². The van der Waals surface area contributed by atoms with Crippen LogP contribution in [0.4, 0.5) is 0 Å². The molecule has 29 heavy (non-hydrogen) atoms. The van der Waals surface area contributed by atoms with E-state index in [1.54, 1.807) is 11.8 Å². The van der Waals surface area contributed by atoms with Crippen LogP contribution in [0.15, 0.2) is 35.5 Å². The van der Waals surface area contributed by atoms with Gasteiger partial charge in [0.05, 0.1) is 19.2 Å². The maximum absolute atomic E-state index is 12.6. The standard InChI is InChI=1S/C22H30N4O2S/c27-21(18-10-5-2-6-11-18)23-14-20-24-25-22(29-16-19-12-7-13-28-19)26(20)15-17-8-3-1-4-9-17/h1,3-4,8-9,18-19H,2,5-7,10-16H2,(H,23,27)/t19-/m0/s1. The summed E-state index contributed by atoms with van der Waals surface area (Å²) < 4.78 is 7.89. The third-order valence-corrected chi connectivity index (χ3v) is 6.89. The number of hydrogen-bond acceptors (Lipinski definition) is 5. The van der Waals surface area contributed by atoms with Gasteiger partial charge >= 0.3 is 0 Å². The fourth-order valence-electron chi connectivity index (χ4n) is 4.10. The molecule has 1 saturated carbocycles. The molecule has 1 amide bonds. The number of ether oxygens (including phenoxy) is 1. The monoisotopic (exact) mass is 414 g/mol. The van der Waals surface area contributed by atoms with Gasteiger partial charge in [0.2, 0.25) is 5.91 Å². The second-order valence-electron chi connectivity index (χ2n) is 7.97. The summed E-state index contributed by atoms with van der Waals surface area (Å²) in [6.07, 6.45) is 8.14. The van der Waals surface area contributed by atoms with E-state index in [1.807, 2.05) is 18.2 Å². The summed E-state index contributed by atoms with van der Waals surface area (Å²) in [6.45, 7) is 1.99. The predicted octanol–water partition coefficient (Wildman–Crippen LogP) is 3.79. The van der Waals surface area contributed by atoms with Gasteiger partial charge in [0.1, 0.15) is 0 Å². The normalized spacial score (nSPS) is 20.1. The lowest BCUT2D eigenvalue weighted by molar-refractivity contribution is -0.126. The molecule has 1 saturated heterocycles. The lowest BCUT2D eigenvalue weighted by atomic mass is 9.89. The minimum Gasteiger partial charge on any atom is -0.377 e. The van der Waals surface area contributed by atoms with Gasteiger partial charge in [-0.3, -0.25) is 4.79 Å². The summed E-state index contributed by atoms with van der Waals surface area (Å²) in [5.74, 6) is 2.02. The van der Waals surface area contributed by atoms with Crippen LogP contribution in [0.5, 0.6) is 0 Å². The van der Waals surface area contributed by atoms with Crippen LogP contribution in [0.2, 0.25) is 0 Å². The second kappa shape index (κ2) is 10.3. The predicted molar refractivity (Wildman–Crippen MR) is 114 cm³/mol. The number of benzene rings is 1. The molecular formula is C22H30N4O2S. The molecular weight excluding hydrogens is 384 g/mol. The molecule has 1 aliphatic heterocycles. The van der Waals surface area contributed by atoms with Crippen LogP contribution in [0, 0.1) is 5.92 Å². The van der Waals surface area contributed by atoms with Crippen molar-refractivity contribution < 1.29 is 9.53 Å². The van der Waals surface area contributed by atoms with E-state index in [9.17, 15) is 4.79 Å². The van der Waals surface area contributed by atoms with E-state index in [1.165, 1.54) is 12.0 Å². The second-order valence-corrected chi connectivity index (χ2v) is 8.96. The largest absolute Gasteiger partial charge is 0.377 e. The Morgan fingerprint density at radius 3 is 2.69 bits per heavy atom. The third-order valence-electron chi connectivity index (χ3n) is 5.80. The van der Waals surface area contributed by atoms with Crippen molar-refractivity contribution in [2.45, 2.75) is 69.3 Å². The average Bonchev–Trinajstić information content (AvgIpc) is 3.42. The fraction of sp³-hybridized carbons (Fsp3) is 0.591. The van der Waals surface area contributed by atoms with Gasteiger partial charge in [-0.2, -0.15) is 0 Å². The van der Waals surface area contributed by atoms with E-state index >= 15 is 0 Å². The molecule has 2 aliphatic rings. The van der Waals surface area contributed by atoms with Crippen LogP contribution in [0.25, 0.3) is 0 Å². The van der Waals surface area contributed by atoms with Gasteiger partial charge < -0.3 is 14.6 Å². The molecule has 0 radical (unpaired) electrons. The van der Waals surface area contributed by atoms with E-state index in [-0.39, 0.29) is 11.8 Å². The van der Waals surface area contributed by atoms with Crippen molar-refractivity contribution in [3.8, 4) is 0 Å². The van der Waals surface area contributed by atoms with Crippen LogP contribution in [0.1, 0.15) is 56.3 Å². The topological polar surface area (TPSA) is 69.0 Å². The van der Waals surface area contributed by atoms with Crippen LogP contribution in [-0.2, 0) is 22.6 Å². The zero-order valence-electron chi connectivity index (χ0n) is 16.9. The first-order valence-electron chi connectivity index (χ1n) is 10.8. The number of aromatic nitrogens is 3. The first-order valence-corrected chi connectivity index (χ1v) is 11.8. The molecule has 0 spiro atoms. The van der Waals surface area contributed by atoms with Crippen molar-refractivity contribution >= 4 is 17.7 Å². The van der Waals surface area contributed by atoms with Crippen LogP contribution >= 0.6 is 11.8 Å². The zero-order valence-corrected chi connectivity index (χ0v) is 17.7. The molecule has 0 unspecified atom stereocenters. The Hall–Kier alpha value is -1.86. The highest BCUT2D eigenvalue weighted by molar-refractivity contribution is 7.99. The van der Waals surface area contributed by atoms with Crippen molar-refractivity contribution in [3.63, 3.8) is 0 Å². The zero-order chi connectivity index (χ0) is 19.9. The molecule has 156 valence electrons. The molecule has 7 heteroatoms. The first-order chi connectivity index (χ1) is 14.3. The number of rotatable bonds is 8. The highest BCUT2D eigenvalue weighted by atomic mass is 32.2. The van der Waals surface area contributed by atoms with Crippen molar-refractivity contribution in [3.05, 3.63) is 41.7 Å². The van der Waals surface area contributed by atoms with Gasteiger partial charge in [0, 0.05) is 18.3 Å². The molecule has 0 bridgehead atoms. The molecule has 2 heterocycles. The number of nitrogens with zero attached hydrogens (tertiary/aromatic N) is 3. The Morgan fingerprint density at radius 2 is 1.93 bits per heavy atom. The van der Waals surface area contributed by atoms with E-state index in [0.717, 1.165) is 61.9 Å². The minimum absolute atomic E-state index is 0.155. The van der Waals surface area contributed by atoms with E-state index in [4.69, 9.17) is 4.74 Å². The summed E-state index contributed by atoms with van der Waals surface area (Å²) in [4.78, 5) is 12.6. The quantitative estimate of drug-likeness (QED) is 0.666. The van der Waals surface area contributed by atoms with Crippen LogP contribution in [0.3, 0.4) is 0 Å². The van der Waals surface area contributed by atoms with Crippen molar-refractivity contribution in [1.29, 1.82) is 0 Å². The van der Waals surface area contributed by atoms with Gasteiger partial charge in [-0.15, -0.1) is 10.2 Å². The molecule has 1 aromatic heterocycles. The molecule has 1 aromatic carbocycles. The summed E-state index contributed by atoms with van der Waals surface area (Å²) in [5.41, 5.74) is 1.20. The average molecular weight is 415 g/mol. The molecule has 2 fully saturated rings. The third kappa shape index (κ3) is 5.60. The summed E-state index contributed by atoms with van der Waals surface area (Å²) >= 11 is 1.70. The molecule has 2 aromatic rings. The Kier molecular flexibility index (Phi) is 7.22. The Bertz CT molecular complexity index is 783. The number of amides is 1. The number of carbonyl (C=O) groups is 1. The maximum atomic E-state index is 12.6. The van der Waals surface area contributed by atoms with Crippen molar-refractivity contribution in [2.75, 3.05) is 12.4 Å². The Balaban J connectivity index is 1.43. The Morgan fingerprint density at radius 1 is 1.10 bits per heavy atom. The fourth-order valence-corrected chi connectivity index (χ4v) is 5.12. The molecule has 4 rings (SSSR count). The summed E-state index contributed by atoms with van der Waals surface area (Å²) in [7, 11) is 0. The van der Waals surface area contributed by atoms with Gasteiger partial charge in [-0.1, -0.05) is 61.4 Å². The highest BCUT2D eigenvalue weighted by Gasteiger charge is 2.22. The highest BCUT2D eigenvalue weighted by Crippen LogP contribution is 2.25. The van der Waals surface area contributed by atoms with Gasteiger partial charge in [-0.05, 0) is 31.2 Å². The maximum Gasteiger partial charge on any atom is 0.223 e. The van der Waals surface area contributed by atoms with Gasteiger partial charge in [0.15, 0.2) is 11.0 Å². The van der Waals surface area contributed by atoms with E-state index < -0.39 is 0 Å². The number of thioether (sulfide) groups is 1. The van der Waals surface area contributed by atoms with Gasteiger partial charge in [-0.25, -0.2) is 0 Å². The molecule has 1 aliphatic carbocycles. The SMILES string of the molecule is O=C(NCc1nnc(SC[C@@H]2CCCO2)n1Cc1ccccc1)C1CCCCC1. The van der Waals surface area contributed by atoms with Gasteiger partial charge in [0.25, 0.3) is 0 Å². The van der Waals surface area contributed by atoms with Crippen LogP contribution in [-0.4, -0.2) is 39.1 Å². The van der Waals surface area contributed by atoms with E-state index in [0.29, 0.717) is 19.2 Å². The lowest BCUT2D eigenvalue weighted by Gasteiger charge is -2.20. The smallest absolute Gasteiger partial charge is 0.223 e. The molecule has 1 N–H and O–H groups in total. The molecule has 6 nitrogen and oxygen atoms in total. The minimum atomic E-state index is 0.155. The van der Waals surface area contributed by atoms with Crippen molar-refractivity contribution in [1.82, 2.24) is 20.1 Å². The number of carbonyl (C=O) groups excluding carboxylic acids is 1. The number of nitrogens with one attached hydrogen (secondary N) is 1. The lowest BCUT2D eigenvalue weighted by Crippen LogP contribution is -2.32. The molecule has 1 atom stereocenters. The first kappa shape index (κ1) is 20.4. The summed E-state index contributed by atoms with van der Waals surface area (Å²) in [6, 6.07) is 10.3. The van der Waals surface area contributed by atoms with Crippen LogP contribution < -0.4 is 5.32 Å². The Labute approximate surface area is 176 Å².